The van der Waals surface area contributed by atoms with Crippen LogP contribution in [0.3, 0.4) is 0 Å². The van der Waals surface area contributed by atoms with Crippen LogP contribution >= 0.6 is 0 Å². The van der Waals surface area contributed by atoms with Crippen molar-refractivity contribution in [1.29, 1.82) is 0 Å². The van der Waals surface area contributed by atoms with Crippen LogP contribution in [0, 0.1) is 0 Å². The third kappa shape index (κ3) is 3.32. The second-order valence-electron chi connectivity index (χ2n) is 4.34. The Labute approximate surface area is 119 Å². The average Bonchev–Trinajstić information content (AvgIpc) is 2.72. The molecule has 1 aromatic rings. The molecule has 2 heterocycles. The summed E-state index contributed by atoms with van der Waals surface area (Å²) >= 11 is 0. The lowest BCUT2D eigenvalue weighted by Gasteiger charge is -2.14. The molecule has 1 aliphatic heterocycles. The van der Waals surface area contributed by atoms with Crippen molar-refractivity contribution in [2.45, 2.75) is 0 Å². The van der Waals surface area contributed by atoms with Gasteiger partial charge in [0.25, 0.3) is 17.7 Å². The van der Waals surface area contributed by atoms with E-state index in [0.29, 0.717) is 0 Å². The number of nitrogens with zero attached hydrogens (tertiary/aromatic N) is 3. The van der Waals surface area contributed by atoms with Crippen molar-refractivity contribution in [2.24, 2.45) is 0 Å². The summed E-state index contributed by atoms with van der Waals surface area (Å²) in [5, 5.41) is 0. The maximum atomic E-state index is 11.6. The number of rotatable bonds is 3. The molecule has 0 saturated carbocycles. The van der Waals surface area contributed by atoms with Gasteiger partial charge in [0.2, 0.25) is 0 Å². The minimum Gasteiger partial charge on any atom is -0.318 e. The Hall–Kier alpha value is -2.97. The highest BCUT2D eigenvalue weighted by atomic mass is 16.2. The second kappa shape index (κ2) is 5.99. The highest BCUT2D eigenvalue weighted by Gasteiger charge is 2.34. The Morgan fingerprint density at radius 1 is 1.29 bits per heavy atom. The summed E-state index contributed by atoms with van der Waals surface area (Å²) in [4.78, 5) is 52.1. The molecule has 5 amide bonds. The molecular formula is C12H13N5O4. The molecule has 1 saturated heterocycles. The predicted molar refractivity (Wildman–Crippen MR) is 69.6 cm³/mol. The van der Waals surface area contributed by atoms with Crippen LogP contribution in [0.5, 0.6) is 0 Å². The maximum Gasteiger partial charge on any atom is 0.327 e. The topological polar surface area (TPSA) is 112 Å². The third-order valence-electron chi connectivity index (χ3n) is 2.75. The van der Waals surface area contributed by atoms with Gasteiger partial charge in [-0.25, -0.2) is 4.79 Å². The largest absolute Gasteiger partial charge is 0.327 e. The molecule has 1 aromatic heterocycles. The fourth-order valence-electron chi connectivity index (χ4n) is 1.70. The van der Waals surface area contributed by atoms with Crippen molar-refractivity contribution in [3.05, 3.63) is 30.1 Å². The second-order valence-corrected chi connectivity index (χ2v) is 4.34. The molecule has 0 atom stereocenters. The highest BCUT2D eigenvalue weighted by molar-refractivity contribution is 6.04. The van der Waals surface area contributed by atoms with Crippen molar-refractivity contribution in [2.75, 3.05) is 20.1 Å². The van der Waals surface area contributed by atoms with Crippen molar-refractivity contribution < 1.29 is 19.2 Å². The lowest BCUT2D eigenvalue weighted by molar-refractivity contribution is -0.131. The Bertz CT molecular complexity index is 589. The van der Waals surface area contributed by atoms with Gasteiger partial charge in [-0.1, -0.05) is 6.07 Å². The number of carbonyl (C=O) groups is 4. The number of aromatic nitrogens is 1. The van der Waals surface area contributed by atoms with Crippen LogP contribution in [0.2, 0.25) is 0 Å². The number of likely N-dealkylation sites (N-methyl/N-ethyl adjacent to an activating group) is 1. The van der Waals surface area contributed by atoms with Gasteiger partial charge in [0.15, 0.2) is 0 Å². The summed E-state index contributed by atoms with van der Waals surface area (Å²) in [5.74, 6) is -1.75. The van der Waals surface area contributed by atoms with Gasteiger partial charge in [-0.05, 0) is 12.1 Å². The molecule has 21 heavy (non-hydrogen) atoms. The fraction of sp³-hybridized carbons (Fsp3) is 0.250. The van der Waals surface area contributed by atoms with Crippen LogP contribution in [0.1, 0.15) is 10.5 Å². The average molecular weight is 291 g/mol. The van der Waals surface area contributed by atoms with Crippen molar-refractivity contribution >= 4 is 23.8 Å². The molecule has 2 N–H and O–H groups in total. The summed E-state index contributed by atoms with van der Waals surface area (Å²) in [7, 11) is 1.46. The minimum atomic E-state index is -0.684. The smallest absolute Gasteiger partial charge is 0.318 e. The molecule has 2 rings (SSSR count). The van der Waals surface area contributed by atoms with E-state index in [1.807, 2.05) is 0 Å². The monoisotopic (exact) mass is 291 g/mol. The molecule has 0 bridgehead atoms. The van der Waals surface area contributed by atoms with Crippen LogP contribution in [-0.4, -0.2) is 58.7 Å². The van der Waals surface area contributed by atoms with E-state index >= 15 is 0 Å². The molecule has 1 fully saturated rings. The summed E-state index contributed by atoms with van der Waals surface area (Å²) in [6, 6.07) is 4.20. The zero-order valence-corrected chi connectivity index (χ0v) is 11.2. The number of hydrogen-bond donors (Lipinski definition) is 2. The molecule has 110 valence electrons. The van der Waals surface area contributed by atoms with Gasteiger partial charge < -0.3 is 4.90 Å². The molecule has 1 aliphatic rings. The van der Waals surface area contributed by atoms with Crippen molar-refractivity contribution in [3.63, 3.8) is 0 Å². The molecule has 9 heteroatoms. The van der Waals surface area contributed by atoms with Gasteiger partial charge in [0.1, 0.15) is 18.8 Å². The number of nitrogens with one attached hydrogen (secondary N) is 2. The number of hydrogen-bond acceptors (Lipinski definition) is 5. The first-order chi connectivity index (χ1) is 9.99. The normalized spacial score (nSPS) is 14.3. The van der Waals surface area contributed by atoms with E-state index in [-0.39, 0.29) is 12.2 Å². The standard InChI is InChI=1S/C12H13N5O4/c1-16-7-10(19)17(12(16)21)6-9(18)14-15-11(20)8-4-2-3-5-13-8/h2-5H,6-7H2,1H3,(H,14,18)(H,15,20). The molecule has 0 spiro atoms. The van der Waals surface area contributed by atoms with E-state index in [9.17, 15) is 19.2 Å². The van der Waals surface area contributed by atoms with Crippen molar-refractivity contribution in [3.8, 4) is 0 Å². The van der Waals surface area contributed by atoms with E-state index in [1.165, 1.54) is 24.2 Å². The number of amides is 5. The van der Waals surface area contributed by atoms with Crippen molar-refractivity contribution in [1.82, 2.24) is 25.6 Å². The summed E-state index contributed by atoms with van der Waals surface area (Å²) < 4.78 is 0. The molecule has 9 nitrogen and oxygen atoms in total. The zero-order chi connectivity index (χ0) is 15.4. The highest BCUT2D eigenvalue weighted by Crippen LogP contribution is 2.06. The van der Waals surface area contributed by atoms with Crippen LogP contribution in [0.4, 0.5) is 4.79 Å². The molecule has 0 radical (unpaired) electrons. The molecule has 0 aliphatic carbocycles. The maximum absolute atomic E-state index is 11.6. The van der Waals surface area contributed by atoms with Crippen LogP contribution < -0.4 is 10.9 Å². The van der Waals surface area contributed by atoms with E-state index in [4.69, 9.17) is 0 Å². The zero-order valence-electron chi connectivity index (χ0n) is 11.2. The third-order valence-corrected chi connectivity index (χ3v) is 2.75. The first-order valence-corrected chi connectivity index (χ1v) is 6.04. The van der Waals surface area contributed by atoms with Crippen LogP contribution in [0.25, 0.3) is 0 Å². The Balaban J connectivity index is 1.84. The molecule has 0 unspecified atom stereocenters. The molecule has 0 aromatic carbocycles. The first kappa shape index (κ1) is 14.4. The van der Waals surface area contributed by atoms with Gasteiger partial charge in [0.05, 0.1) is 0 Å². The first-order valence-electron chi connectivity index (χ1n) is 6.04. The van der Waals surface area contributed by atoms with Crippen LogP contribution in [0.15, 0.2) is 24.4 Å². The minimum absolute atomic E-state index is 0.0631. The van der Waals surface area contributed by atoms with E-state index in [1.54, 1.807) is 12.1 Å². The lowest BCUT2D eigenvalue weighted by atomic mass is 10.3. The SMILES string of the molecule is CN1CC(=O)N(CC(=O)NNC(=O)c2ccccn2)C1=O. The predicted octanol–water partition coefficient (Wildman–Crippen LogP) is -1.26. The lowest BCUT2D eigenvalue weighted by Crippen LogP contribution is -2.48. The Morgan fingerprint density at radius 3 is 2.62 bits per heavy atom. The fourth-order valence-corrected chi connectivity index (χ4v) is 1.70. The number of hydrazine groups is 1. The number of pyridine rings is 1. The Morgan fingerprint density at radius 2 is 2.05 bits per heavy atom. The van der Waals surface area contributed by atoms with Gasteiger partial charge in [-0.3, -0.25) is 35.1 Å². The summed E-state index contributed by atoms with van der Waals surface area (Å²) in [5.41, 5.74) is 4.40. The number of urea groups is 1. The Kier molecular flexibility index (Phi) is 4.12. The molecular weight excluding hydrogens is 278 g/mol. The quantitative estimate of drug-likeness (QED) is 0.533. The number of carbonyl (C=O) groups excluding carboxylic acids is 4. The van der Waals surface area contributed by atoms with E-state index in [2.05, 4.69) is 15.8 Å². The van der Waals surface area contributed by atoms with Gasteiger partial charge in [-0.15, -0.1) is 0 Å². The van der Waals surface area contributed by atoms with Gasteiger partial charge in [-0.2, -0.15) is 0 Å². The summed E-state index contributed by atoms with van der Waals surface area (Å²) in [6.45, 7) is -0.517. The van der Waals surface area contributed by atoms with Gasteiger partial charge >= 0.3 is 6.03 Å². The van der Waals surface area contributed by atoms with Crippen LogP contribution in [-0.2, 0) is 9.59 Å². The summed E-state index contributed by atoms with van der Waals surface area (Å²) in [6.07, 6.45) is 1.44. The van der Waals surface area contributed by atoms with E-state index < -0.39 is 30.3 Å². The van der Waals surface area contributed by atoms with Gasteiger partial charge in [0, 0.05) is 13.2 Å². The van der Waals surface area contributed by atoms with E-state index in [0.717, 1.165) is 4.90 Å². The number of imide groups is 1.